The molecule has 1 aliphatic heterocycles. The van der Waals surface area contributed by atoms with Gasteiger partial charge in [0.25, 0.3) is 0 Å². The molecule has 19 heavy (non-hydrogen) atoms. The van der Waals surface area contributed by atoms with E-state index in [0.29, 0.717) is 10.6 Å². The number of hydrogen-bond donors (Lipinski definition) is 1. The van der Waals surface area contributed by atoms with Gasteiger partial charge in [-0.3, -0.25) is 4.79 Å². The van der Waals surface area contributed by atoms with Gasteiger partial charge in [0.05, 0.1) is 5.92 Å². The van der Waals surface area contributed by atoms with Gasteiger partial charge in [0.15, 0.2) is 0 Å². The van der Waals surface area contributed by atoms with Gasteiger partial charge in [-0.1, -0.05) is 35.9 Å². The maximum absolute atomic E-state index is 13.8. The Labute approximate surface area is 115 Å². The molecule has 3 rings (SSSR count). The molecule has 4 heteroatoms. The van der Waals surface area contributed by atoms with Crippen LogP contribution in [0.1, 0.15) is 17.0 Å². The number of hydrogen-bond acceptors (Lipinski definition) is 1. The maximum atomic E-state index is 13.8. The minimum absolute atomic E-state index is 0.111. The monoisotopic (exact) mass is 275 g/mol. The summed E-state index contributed by atoms with van der Waals surface area (Å²) in [6.07, 6.45) is 0.272. The molecule has 0 radical (unpaired) electrons. The highest BCUT2D eigenvalue weighted by atomic mass is 35.5. The van der Waals surface area contributed by atoms with Crippen molar-refractivity contribution in [2.75, 3.05) is 5.32 Å². The third-order valence-electron chi connectivity index (χ3n) is 3.38. The van der Waals surface area contributed by atoms with Gasteiger partial charge in [-0.05, 0) is 30.2 Å². The number of halogens is 2. The van der Waals surface area contributed by atoms with Gasteiger partial charge in [-0.25, -0.2) is 4.39 Å². The minimum Gasteiger partial charge on any atom is -0.325 e. The third kappa shape index (κ3) is 2.10. The van der Waals surface area contributed by atoms with Crippen LogP contribution >= 0.6 is 11.6 Å². The van der Waals surface area contributed by atoms with Crippen LogP contribution in [0.15, 0.2) is 42.5 Å². The zero-order chi connectivity index (χ0) is 13.4. The van der Waals surface area contributed by atoms with Gasteiger partial charge in [0, 0.05) is 16.3 Å². The van der Waals surface area contributed by atoms with E-state index in [1.165, 1.54) is 6.07 Å². The lowest BCUT2D eigenvalue weighted by atomic mass is 9.93. The molecule has 2 aromatic rings. The van der Waals surface area contributed by atoms with Gasteiger partial charge in [0.2, 0.25) is 5.91 Å². The van der Waals surface area contributed by atoms with Crippen molar-refractivity contribution in [3.05, 3.63) is 64.4 Å². The third-order valence-corrected chi connectivity index (χ3v) is 3.73. The minimum atomic E-state index is -0.384. The second kappa shape index (κ2) is 4.67. The van der Waals surface area contributed by atoms with Crippen molar-refractivity contribution >= 4 is 23.2 Å². The summed E-state index contributed by atoms with van der Waals surface area (Å²) in [4.78, 5) is 12.0. The van der Waals surface area contributed by atoms with E-state index in [1.807, 2.05) is 24.3 Å². The number of para-hydroxylation sites is 1. The molecule has 0 aromatic heterocycles. The highest BCUT2D eigenvalue weighted by Gasteiger charge is 2.31. The van der Waals surface area contributed by atoms with Gasteiger partial charge < -0.3 is 5.32 Å². The molecule has 0 aliphatic carbocycles. The Kier molecular flexibility index (Phi) is 2.99. The van der Waals surface area contributed by atoms with Crippen molar-refractivity contribution in [1.82, 2.24) is 0 Å². The molecule has 0 unspecified atom stereocenters. The van der Waals surface area contributed by atoms with Crippen LogP contribution in [0.2, 0.25) is 5.02 Å². The number of nitrogens with one attached hydrogen (secondary N) is 1. The van der Waals surface area contributed by atoms with Crippen LogP contribution < -0.4 is 5.32 Å². The molecular formula is C15H11ClFNO. The fraction of sp³-hybridized carbons (Fsp3) is 0.133. The lowest BCUT2D eigenvalue weighted by Gasteiger charge is -2.11. The largest absolute Gasteiger partial charge is 0.325 e. The number of benzene rings is 2. The first kappa shape index (κ1) is 12.2. The normalized spacial score (nSPS) is 17.2. The molecule has 1 heterocycles. The van der Waals surface area contributed by atoms with Crippen molar-refractivity contribution in [3.8, 4) is 0 Å². The summed E-state index contributed by atoms with van der Waals surface area (Å²) < 4.78 is 13.8. The highest BCUT2D eigenvalue weighted by molar-refractivity contribution is 6.31. The second-order valence-electron chi connectivity index (χ2n) is 4.53. The van der Waals surface area contributed by atoms with Crippen LogP contribution in [0.4, 0.5) is 10.1 Å². The maximum Gasteiger partial charge on any atom is 0.232 e. The lowest BCUT2D eigenvalue weighted by molar-refractivity contribution is -0.117. The fourth-order valence-electron chi connectivity index (χ4n) is 2.41. The molecular weight excluding hydrogens is 265 g/mol. The van der Waals surface area contributed by atoms with Crippen LogP contribution in [0.25, 0.3) is 0 Å². The summed E-state index contributed by atoms with van der Waals surface area (Å²) in [6.45, 7) is 0. The van der Waals surface area contributed by atoms with E-state index in [0.717, 1.165) is 11.3 Å². The molecule has 0 bridgehead atoms. The Morgan fingerprint density at radius 3 is 2.74 bits per heavy atom. The summed E-state index contributed by atoms with van der Waals surface area (Å²) in [5, 5.41) is 3.16. The van der Waals surface area contributed by atoms with Crippen molar-refractivity contribution in [3.63, 3.8) is 0 Å². The summed E-state index contributed by atoms with van der Waals surface area (Å²) in [5.41, 5.74) is 2.08. The molecule has 1 amide bonds. The lowest BCUT2D eigenvalue weighted by Crippen LogP contribution is -2.15. The van der Waals surface area contributed by atoms with Crippen LogP contribution in [-0.4, -0.2) is 5.91 Å². The van der Waals surface area contributed by atoms with Gasteiger partial charge in [0.1, 0.15) is 5.82 Å². The predicted octanol–water partition coefficient (Wildman–Crippen LogP) is 3.76. The zero-order valence-electron chi connectivity index (χ0n) is 9.99. The average molecular weight is 276 g/mol. The Balaban J connectivity index is 1.98. The Hall–Kier alpha value is -1.87. The van der Waals surface area contributed by atoms with E-state index < -0.39 is 0 Å². The Morgan fingerprint density at radius 2 is 1.95 bits per heavy atom. The quantitative estimate of drug-likeness (QED) is 0.888. The van der Waals surface area contributed by atoms with E-state index in [2.05, 4.69) is 5.32 Å². The van der Waals surface area contributed by atoms with Gasteiger partial charge >= 0.3 is 0 Å². The zero-order valence-corrected chi connectivity index (χ0v) is 10.7. The molecule has 1 atom stereocenters. The number of carbonyl (C=O) groups excluding carboxylic acids is 1. The van der Waals surface area contributed by atoms with Crippen LogP contribution in [0, 0.1) is 5.82 Å². The molecule has 0 fully saturated rings. The standard InChI is InChI=1S/C15H11ClFNO/c16-12-5-3-6-13(17)11(12)8-10-9-4-1-2-7-14(9)18-15(10)19/h1-7,10H,8H2,(H,18,19)/t10-/m0/s1. The summed E-state index contributed by atoms with van der Waals surface area (Å²) in [5.74, 6) is -0.865. The second-order valence-corrected chi connectivity index (χ2v) is 4.94. The molecule has 0 saturated heterocycles. The predicted molar refractivity (Wildman–Crippen MR) is 72.9 cm³/mol. The van der Waals surface area contributed by atoms with E-state index in [-0.39, 0.29) is 24.1 Å². The molecule has 0 spiro atoms. The highest BCUT2D eigenvalue weighted by Crippen LogP contribution is 2.36. The SMILES string of the molecule is O=C1Nc2ccccc2[C@@H]1Cc1c(F)cccc1Cl. The summed E-state index contributed by atoms with van der Waals surface area (Å²) >= 11 is 6.01. The molecule has 0 saturated carbocycles. The van der Waals surface area contributed by atoms with Gasteiger partial charge in [-0.15, -0.1) is 0 Å². The van der Waals surface area contributed by atoms with Crippen molar-refractivity contribution < 1.29 is 9.18 Å². The first-order chi connectivity index (χ1) is 9.16. The first-order valence-electron chi connectivity index (χ1n) is 5.99. The topological polar surface area (TPSA) is 29.1 Å². The Morgan fingerprint density at radius 1 is 1.16 bits per heavy atom. The molecule has 2 aromatic carbocycles. The van der Waals surface area contributed by atoms with Crippen LogP contribution in [0.5, 0.6) is 0 Å². The van der Waals surface area contributed by atoms with E-state index in [9.17, 15) is 9.18 Å². The summed E-state index contributed by atoms with van der Waals surface area (Å²) in [6, 6.07) is 12.0. The number of carbonyl (C=O) groups is 1. The van der Waals surface area contributed by atoms with E-state index in [4.69, 9.17) is 11.6 Å². The van der Waals surface area contributed by atoms with Gasteiger partial charge in [-0.2, -0.15) is 0 Å². The van der Waals surface area contributed by atoms with Crippen molar-refractivity contribution in [1.29, 1.82) is 0 Å². The van der Waals surface area contributed by atoms with Crippen LogP contribution in [-0.2, 0) is 11.2 Å². The van der Waals surface area contributed by atoms with Crippen molar-refractivity contribution in [2.24, 2.45) is 0 Å². The summed E-state index contributed by atoms with van der Waals surface area (Å²) in [7, 11) is 0. The van der Waals surface area contributed by atoms with Crippen molar-refractivity contribution in [2.45, 2.75) is 12.3 Å². The number of rotatable bonds is 2. The average Bonchev–Trinajstić information content (AvgIpc) is 2.70. The fourth-order valence-corrected chi connectivity index (χ4v) is 2.65. The molecule has 96 valence electrons. The number of anilines is 1. The number of amides is 1. The molecule has 2 nitrogen and oxygen atoms in total. The smallest absolute Gasteiger partial charge is 0.232 e. The molecule has 1 aliphatic rings. The number of fused-ring (bicyclic) bond motifs is 1. The Bertz CT molecular complexity index is 636. The van der Waals surface area contributed by atoms with E-state index >= 15 is 0 Å². The first-order valence-corrected chi connectivity index (χ1v) is 6.37. The van der Waals surface area contributed by atoms with E-state index in [1.54, 1.807) is 12.1 Å². The van der Waals surface area contributed by atoms with Crippen LogP contribution in [0.3, 0.4) is 0 Å². The molecule has 1 N–H and O–H groups in total.